The number of anilines is 1. The van der Waals surface area contributed by atoms with Crippen molar-refractivity contribution >= 4 is 40.6 Å². The van der Waals surface area contributed by atoms with E-state index in [0.29, 0.717) is 41.1 Å². The summed E-state index contributed by atoms with van der Waals surface area (Å²) in [5.41, 5.74) is 0.959. The number of hydrogen-bond donors (Lipinski definition) is 2. The number of urea groups is 1. The van der Waals surface area contributed by atoms with Gasteiger partial charge in [-0.2, -0.15) is 0 Å². The Labute approximate surface area is 167 Å². The Kier molecular flexibility index (Phi) is 8.02. The van der Waals surface area contributed by atoms with Gasteiger partial charge in [-0.25, -0.2) is 9.78 Å². The minimum atomic E-state index is -0.256. The molecule has 2 rings (SSSR count). The van der Waals surface area contributed by atoms with E-state index in [1.54, 1.807) is 41.7 Å². The highest BCUT2D eigenvalue weighted by molar-refractivity contribution is 7.09. The fourth-order valence-corrected chi connectivity index (χ4v) is 3.20. The summed E-state index contributed by atoms with van der Waals surface area (Å²) in [7, 11) is 1.57. The number of thiazole rings is 1. The summed E-state index contributed by atoms with van der Waals surface area (Å²) in [6.45, 7) is 5.00. The minimum Gasteiger partial charge on any atom is -0.383 e. The summed E-state index contributed by atoms with van der Waals surface area (Å²) >= 11 is 7.30. The molecule has 0 aliphatic carbocycles. The number of hydrogen-bond acceptors (Lipinski definition) is 5. The van der Waals surface area contributed by atoms with Crippen molar-refractivity contribution in [1.29, 1.82) is 0 Å². The zero-order valence-corrected chi connectivity index (χ0v) is 17.1. The molecule has 2 aromatic rings. The molecule has 0 aliphatic rings. The zero-order chi connectivity index (χ0) is 19.8. The molecule has 7 nitrogen and oxygen atoms in total. The molecule has 2 N–H and O–H groups in total. The summed E-state index contributed by atoms with van der Waals surface area (Å²) in [6.07, 6.45) is 0. The first kappa shape index (κ1) is 21.1. The number of nitrogens with one attached hydrogen (secondary N) is 2. The van der Waals surface area contributed by atoms with Crippen LogP contribution in [0.3, 0.4) is 0 Å². The number of halogens is 1. The monoisotopic (exact) mass is 410 g/mol. The van der Waals surface area contributed by atoms with Gasteiger partial charge in [-0.05, 0) is 32.0 Å². The normalized spacial score (nSPS) is 10.7. The highest BCUT2D eigenvalue weighted by atomic mass is 35.5. The van der Waals surface area contributed by atoms with E-state index in [4.69, 9.17) is 16.3 Å². The Bertz CT molecular complexity index is 781. The van der Waals surface area contributed by atoms with Crippen LogP contribution in [0.15, 0.2) is 29.6 Å². The molecule has 1 aromatic carbocycles. The molecule has 0 aliphatic heterocycles. The van der Waals surface area contributed by atoms with Crippen LogP contribution >= 0.6 is 22.9 Å². The lowest BCUT2D eigenvalue weighted by Gasteiger charge is -2.26. The number of amides is 3. The van der Waals surface area contributed by atoms with E-state index in [-0.39, 0.29) is 18.0 Å². The topological polar surface area (TPSA) is 83.6 Å². The van der Waals surface area contributed by atoms with Gasteiger partial charge in [0.25, 0.3) is 5.91 Å². The Morgan fingerprint density at radius 2 is 2.15 bits per heavy atom. The maximum Gasteiger partial charge on any atom is 0.322 e. The molecule has 0 bridgehead atoms. The average molecular weight is 411 g/mol. The van der Waals surface area contributed by atoms with Crippen molar-refractivity contribution in [2.24, 2.45) is 0 Å². The van der Waals surface area contributed by atoms with Gasteiger partial charge in [0.1, 0.15) is 10.7 Å². The second-order valence-electron chi connectivity index (χ2n) is 6.04. The average Bonchev–Trinajstić information content (AvgIpc) is 3.08. The van der Waals surface area contributed by atoms with Crippen molar-refractivity contribution < 1.29 is 14.3 Å². The first-order valence-electron chi connectivity index (χ1n) is 8.45. The van der Waals surface area contributed by atoms with Crippen LogP contribution in [0.25, 0.3) is 0 Å². The van der Waals surface area contributed by atoms with Crippen LogP contribution in [0.2, 0.25) is 5.02 Å². The van der Waals surface area contributed by atoms with Crippen molar-refractivity contribution in [1.82, 2.24) is 15.2 Å². The molecule has 0 atom stereocenters. The van der Waals surface area contributed by atoms with Crippen LogP contribution in [0.1, 0.15) is 29.3 Å². The molecule has 9 heteroatoms. The fraction of sp³-hybridized carbons (Fsp3) is 0.389. The number of nitrogens with zero attached hydrogens (tertiary/aromatic N) is 2. The van der Waals surface area contributed by atoms with Gasteiger partial charge >= 0.3 is 6.03 Å². The van der Waals surface area contributed by atoms with E-state index >= 15 is 0 Å². The molecule has 0 fully saturated rings. The molecule has 146 valence electrons. The number of rotatable bonds is 8. The van der Waals surface area contributed by atoms with Crippen molar-refractivity contribution in [2.45, 2.75) is 26.4 Å². The molecule has 0 unspecified atom stereocenters. The highest BCUT2D eigenvalue weighted by Crippen LogP contribution is 2.18. The van der Waals surface area contributed by atoms with Gasteiger partial charge < -0.3 is 20.3 Å². The third-order valence-corrected chi connectivity index (χ3v) is 4.71. The summed E-state index contributed by atoms with van der Waals surface area (Å²) in [5.74, 6) is -0.256. The molecule has 1 aromatic heterocycles. The van der Waals surface area contributed by atoms with E-state index in [1.165, 1.54) is 11.3 Å². The summed E-state index contributed by atoms with van der Waals surface area (Å²) in [6, 6.07) is 6.66. The third-order valence-electron chi connectivity index (χ3n) is 3.64. The Morgan fingerprint density at radius 1 is 1.37 bits per heavy atom. The lowest BCUT2D eigenvalue weighted by molar-refractivity contribution is 0.0932. The van der Waals surface area contributed by atoms with Gasteiger partial charge in [-0.1, -0.05) is 17.7 Å². The van der Waals surface area contributed by atoms with Crippen LogP contribution < -0.4 is 10.6 Å². The molecule has 3 amide bonds. The molecule has 1 heterocycles. The lowest BCUT2D eigenvalue weighted by Crippen LogP contribution is -2.39. The van der Waals surface area contributed by atoms with Crippen LogP contribution in [0.5, 0.6) is 0 Å². The van der Waals surface area contributed by atoms with Crippen molar-refractivity contribution in [2.75, 3.05) is 25.6 Å². The highest BCUT2D eigenvalue weighted by Gasteiger charge is 2.20. The van der Waals surface area contributed by atoms with Crippen LogP contribution in [-0.4, -0.2) is 48.1 Å². The van der Waals surface area contributed by atoms with Crippen LogP contribution in [0.4, 0.5) is 10.5 Å². The molecule has 0 spiro atoms. The molecular weight excluding hydrogens is 388 g/mol. The predicted octanol–water partition coefficient (Wildman–Crippen LogP) is 3.62. The predicted molar refractivity (Wildman–Crippen MR) is 107 cm³/mol. The SMILES string of the molecule is COCCNC(=O)c1csc(CN(C(=O)Nc2cccc(Cl)c2)C(C)C)n1. The van der Waals surface area contributed by atoms with Gasteiger partial charge in [0.05, 0.1) is 13.2 Å². The maximum atomic E-state index is 12.6. The van der Waals surface area contributed by atoms with E-state index in [1.807, 2.05) is 13.8 Å². The number of methoxy groups -OCH3 is 1. The number of aromatic nitrogens is 1. The first-order chi connectivity index (χ1) is 12.9. The summed E-state index contributed by atoms with van der Waals surface area (Å²) < 4.78 is 4.90. The van der Waals surface area contributed by atoms with E-state index < -0.39 is 0 Å². The molecule has 0 radical (unpaired) electrons. The zero-order valence-electron chi connectivity index (χ0n) is 15.5. The van der Waals surface area contributed by atoms with E-state index in [2.05, 4.69) is 15.6 Å². The third kappa shape index (κ3) is 6.50. The van der Waals surface area contributed by atoms with Gasteiger partial charge in [-0.3, -0.25) is 4.79 Å². The lowest BCUT2D eigenvalue weighted by atomic mass is 10.3. The minimum absolute atomic E-state index is 0.0490. The Hall–Kier alpha value is -2.16. The summed E-state index contributed by atoms with van der Waals surface area (Å²) in [4.78, 5) is 30.7. The Balaban J connectivity index is 2.01. The smallest absolute Gasteiger partial charge is 0.322 e. The molecular formula is C18H23ClN4O3S. The van der Waals surface area contributed by atoms with Crippen molar-refractivity contribution in [3.05, 3.63) is 45.4 Å². The quantitative estimate of drug-likeness (QED) is 0.651. The second-order valence-corrected chi connectivity index (χ2v) is 7.42. The number of carbonyl (C=O) groups is 2. The van der Waals surface area contributed by atoms with E-state index in [0.717, 1.165) is 0 Å². The first-order valence-corrected chi connectivity index (χ1v) is 9.71. The van der Waals surface area contributed by atoms with Gasteiger partial charge in [-0.15, -0.1) is 11.3 Å². The second kappa shape index (κ2) is 10.2. The van der Waals surface area contributed by atoms with Gasteiger partial charge in [0.2, 0.25) is 0 Å². The number of benzene rings is 1. The van der Waals surface area contributed by atoms with Crippen LogP contribution in [-0.2, 0) is 11.3 Å². The van der Waals surface area contributed by atoms with Gasteiger partial charge in [0, 0.05) is 35.8 Å². The largest absolute Gasteiger partial charge is 0.383 e. The summed E-state index contributed by atoms with van der Waals surface area (Å²) in [5, 5.41) is 8.48. The van der Waals surface area contributed by atoms with E-state index in [9.17, 15) is 9.59 Å². The molecule has 0 saturated carbocycles. The maximum absolute atomic E-state index is 12.6. The fourth-order valence-electron chi connectivity index (χ4n) is 2.24. The van der Waals surface area contributed by atoms with Gasteiger partial charge in [0.15, 0.2) is 0 Å². The van der Waals surface area contributed by atoms with Crippen molar-refractivity contribution in [3.8, 4) is 0 Å². The molecule has 0 saturated heterocycles. The molecule has 27 heavy (non-hydrogen) atoms. The van der Waals surface area contributed by atoms with Crippen molar-refractivity contribution in [3.63, 3.8) is 0 Å². The number of ether oxygens (including phenoxy) is 1. The standard InChI is InChI=1S/C18H23ClN4O3S/c1-12(2)23(18(25)21-14-6-4-5-13(19)9-14)10-16-22-15(11-27-16)17(24)20-7-8-26-3/h4-6,9,11-12H,7-8,10H2,1-3H3,(H,20,24)(H,21,25). The van der Waals surface area contributed by atoms with Crippen LogP contribution in [0, 0.1) is 0 Å². The Morgan fingerprint density at radius 3 is 2.81 bits per heavy atom. The number of carbonyl (C=O) groups excluding carboxylic acids is 2.